The molecule has 1 atom stereocenters. The van der Waals surface area contributed by atoms with E-state index in [4.69, 9.17) is 9.57 Å². The van der Waals surface area contributed by atoms with Gasteiger partial charge >= 0.3 is 0 Å². The number of nitrogens with one attached hydrogen (secondary N) is 1. The molecule has 14 heavy (non-hydrogen) atoms. The van der Waals surface area contributed by atoms with Crippen molar-refractivity contribution < 1.29 is 18.4 Å². The maximum absolute atomic E-state index is 11.8. The number of ether oxygens (including phenoxy) is 1. The number of halogens is 2. The average molecular weight is 204 g/mol. The van der Waals surface area contributed by atoms with Crippen molar-refractivity contribution in [1.29, 1.82) is 0 Å². The van der Waals surface area contributed by atoms with Crippen LogP contribution in [0.25, 0.3) is 0 Å². The predicted octanol–water partition coefficient (Wildman–Crippen LogP) is 0.858. The van der Waals surface area contributed by atoms with Crippen molar-refractivity contribution >= 4 is 5.90 Å². The van der Waals surface area contributed by atoms with Gasteiger partial charge in [0.2, 0.25) is 5.90 Å². The molecule has 0 aromatic rings. The third kappa shape index (κ3) is 2.08. The molecule has 0 bridgehead atoms. The zero-order valence-corrected chi connectivity index (χ0v) is 7.37. The van der Waals surface area contributed by atoms with Gasteiger partial charge in [-0.05, 0) is 0 Å². The van der Waals surface area contributed by atoms with Crippen LogP contribution in [0.2, 0.25) is 0 Å². The molecule has 2 rings (SSSR count). The highest BCUT2D eigenvalue weighted by Crippen LogP contribution is 2.17. The van der Waals surface area contributed by atoms with E-state index in [0.717, 1.165) is 5.57 Å². The van der Waals surface area contributed by atoms with Crippen molar-refractivity contribution in [3.8, 4) is 0 Å². The molecular formula is C8H10F2N2O2. The fourth-order valence-electron chi connectivity index (χ4n) is 1.31. The predicted molar refractivity (Wildman–Crippen MR) is 45.0 cm³/mol. The monoisotopic (exact) mass is 204 g/mol. The molecule has 78 valence electrons. The SMILES string of the molecule is FC(F)COC1CC=C2CNOC2=N1. The molecule has 6 heteroatoms. The molecule has 0 saturated carbocycles. The van der Waals surface area contributed by atoms with Crippen LogP contribution >= 0.6 is 0 Å². The van der Waals surface area contributed by atoms with Crippen molar-refractivity contribution in [2.24, 2.45) is 4.99 Å². The molecule has 1 N–H and O–H groups in total. The van der Waals surface area contributed by atoms with E-state index >= 15 is 0 Å². The fraction of sp³-hybridized carbons (Fsp3) is 0.625. The molecule has 4 nitrogen and oxygen atoms in total. The lowest BCUT2D eigenvalue weighted by Gasteiger charge is -2.15. The minimum Gasteiger partial charge on any atom is -0.388 e. The Kier molecular flexibility index (Phi) is 2.74. The molecule has 2 aliphatic heterocycles. The first-order chi connectivity index (χ1) is 6.75. The molecule has 0 aromatic carbocycles. The highest BCUT2D eigenvalue weighted by atomic mass is 19.3. The zero-order valence-electron chi connectivity index (χ0n) is 7.37. The fourth-order valence-corrected chi connectivity index (χ4v) is 1.31. The lowest BCUT2D eigenvalue weighted by atomic mass is 10.1. The summed E-state index contributed by atoms with van der Waals surface area (Å²) < 4.78 is 28.5. The highest BCUT2D eigenvalue weighted by Gasteiger charge is 2.24. The molecule has 1 saturated heterocycles. The van der Waals surface area contributed by atoms with Gasteiger partial charge in [-0.15, -0.1) is 0 Å². The number of hydrogen-bond acceptors (Lipinski definition) is 4. The van der Waals surface area contributed by atoms with Crippen LogP contribution in [0.15, 0.2) is 16.6 Å². The standard InChI is InChI=1S/C8H10F2N2O2/c9-6(10)4-13-7-2-1-5-3-11-14-8(5)12-7/h1,6-7,11H,2-4H2. The van der Waals surface area contributed by atoms with Crippen LogP contribution in [0.5, 0.6) is 0 Å². The number of dihydropyridines is 1. The normalized spacial score (nSPS) is 25.5. The molecule has 2 heterocycles. The Balaban J connectivity index is 1.89. The Morgan fingerprint density at radius 2 is 2.57 bits per heavy atom. The van der Waals surface area contributed by atoms with Crippen molar-refractivity contribution in [3.05, 3.63) is 11.6 Å². The van der Waals surface area contributed by atoms with Crippen molar-refractivity contribution in [3.63, 3.8) is 0 Å². The largest absolute Gasteiger partial charge is 0.388 e. The smallest absolute Gasteiger partial charge is 0.261 e. The molecule has 1 fully saturated rings. The van der Waals surface area contributed by atoms with Gasteiger partial charge in [0.25, 0.3) is 6.43 Å². The van der Waals surface area contributed by atoms with Gasteiger partial charge in [-0.1, -0.05) is 6.08 Å². The van der Waals surface area contributed by atoms with Gasteiger partial charge in [0.15, 0.2) is 6.23 Å². The van der Waals surface area contributed by atoms with E-state index in [2.05, 4.69) is 10.5 Å². The first-order valence-corrected chi connectivity index (χ1v) is 4.32. The van der Waals surface area contributed by atoms with Crippen LogP contribution in [-0.2, 0) is 9.57 Å². The van der Waals surface area contributed by atoms with Gasteiger partial charge in [0.1, 0.15) is 6.61 Å². The lowest BCUT2D eigenvalue weighted by molar-refractivity contribution is -0.0207. The number of aliphatic imine (C=N–C) groups is 1. The summed E-state index contributed by atoms with van der Waals surface area (Å²) in [5.41, 5.74) is 3.61. The topological polar surface area (TPSA) is 42.8 Å². The van der Waals surface area contributed by atoms with Crippen molar-refractivity contribution in [1.82, 2.24) is 5.48 Å². The maximum atomic E-state index is 11.8. The maximum Gasteiger partial charge on any atom is 0.261 e. The van der Waals surface area contributed by atoms with Crippen LogP contribution in [0.3, 0.4) is 0 Å². The van der Waals surface area contributed by atoms with Gasteiger partial charge in [-0.2, -0.15) is 5.48 Å². The van der Waals surface area contributed by atoms with E-state index in [1.165, 1.54) is 0 Å². The third-order valence-corrected chi connectivity index (χ3v) is 1.95. The van der Waals surface area contributed by atoms with E-state index in [1.54, 1.807) is 0 Å². The molecule has 0 amide bonds. The lowest BCUT2D eigenvalue weighted by Crippen LogP contribution is -2.20. The molecule has 0 radical (unpaired) electrons. The Hall–Kier alpha value is -1.01. The van der Waals surface area contributed by atoms with Gasteiger partial charge in [-0.3, -0.25) is 0 Å². The first-order valence-electron chi connectivity index (χ1n) is 4.32. The summed E-state index contributed by atoms with van der Waals surface area (Å²) in [7, 11) is 0. The Morgan fingerprint density at radius 3 is 3.36 bits per heavy atom. The van der Waals surface area contributed by atoms with Crippen LogP contribution in [-0.4, -0.2) is 31.7 Å². The van der Waals surface area contributed by atoms with E-state index in [-0.39, 0.29) is 0 Å². The second kappa shape index (κ2) is 4.02. The Labute approximate surface area is 79.5 Å². The van der Waals surface area contributed by atoms with Gasteiger partial charge in [0.05, 0.1) is 6.54 Å². The molecule has 0 aliphatic carbocycles. The molecule has 1 unspecified atom stereocenters. The van der Waals surface area contributed by atoms with Gasteiger partial charge in [0, 0.05) is 12.0 Å². The second-order valence-electron chi connectivity index (χ2n) is 3.00. The van der Waals surface area contributed by atoms with Crippen LogP contribution < -0.4 is 5.48 Å². The molecule has 0 spiro atoms. The van der Waals surface area contributed by atoms with E-state index in [1.807, 2.05) is 6.08 Å². The highest BCUT2D eigenvalue weighted by molar-refractivity contribution is 5.95. The van der Waals surface area contributed by atoms with Crippen LogP contribution in [0.1, 0.15) is 6.42 Å². The summed E-state index contributed by atoms with van der Waals surface area (Å²) in [6.45, 7) is 0.0262. The number of hydroxylamine groups is 1. The number of alkyl halides is 2. The molecule has 0 aromatic heterocycles. The third-order valence-electron chi connectivity index (χ3n) is 1.95. The summed E-state index contributed by atoms with van der Waals surface area (Å²) >= 11 is 0. The number of nitrogens with zero attached hydrogens (tertiary/aromatic N) is 1. The van der Waals surface area contributed by atoms with E-state index in [9.17, 15) is 8.78 Å². The summed E-state index contributed by atoms with van der Waals surface area (Å²) in [6, 6.07) is 0. The summed E-state index contributed by atoms with van der Waals surface area (Å²) in [4.78, 5) is 8.98. The Bertz CT molecular complexity index is 279. The number of fused-ring (bicyclic) bond motifs is 1. The quantitative estimate of drug-likeness (QED) is 0.741. The summed E-state index contributed by atoms with van der Waals surface area (Å²) in [5.74, 6) is 0.454. The second-order valence-corrected chi connectivity index (χ2v) is 3.00. The minimum absolute atomic E-state index is 0.454. The summed E-state index contributed by atoms with van der Waals surface area (Å²) in [5, 5.41) is 0. The minimum atomic E-state index is -2.46. The first kappa shape index (κ1) is 9.54. The van der Waals surface area contributed by atoms with Gasteiger partial charge < -0.3 is 9.57 Å². The molecular weight excluding hydrogens is 194 g/mol. The van der Waals surface area contributed by atoms with Crippen molar-refractivity contribution in [2.75, 3.05) is 13.2 Å². The van der Waals surface area contributed by atoms with E-state index in [0.29, 0.717) is 18.9 Å². The van der Waals surface area contributed by atoms with Gasteiger partial charge in [-0.25, -0.2) is 13.8 Å². The average Bonchev–Trinajstić information content (AvgIpc) is 2.61. The zero-order chi connectivity index (χ0) is 9.97. The summed E-state index contributed by atoms with van der Waals surface area (Å²) in [6.07, 6.45) is -0.583. The molecule has 2 aliphatic rings. The van der Waals surface area contributed by atoms with Crippen molar-refractivity contribution in [2.45, 2.75) is 19.1 Å². The number of hydrogen-bond donors (Lipinski definition) is 1. The number of rotatable bonds is 3. The van der Waals surface area contributed by atoms with E-state index < -0.39 is 19.3 Å². The van der Waals surface area contributed by atoms with Crippen LogP contribution in [0, 0.1) is 0 Å². The Morgan fingerprint density at radius 1 is 1.71 bits per heavy atom. The van der Waals surface area contributed by atoms with Crippen LogP contribution in [0.4, 0.5) is 8.78 Å².